The van der Waals surface area contributed by atoms with Crippen molar-refractivity contribution in [1.29, 1.82) is 0 Å². The fourth-order valence-corrected chi connectivity index (χ4v) is 5.81. The lowest BCUT2D eigenvalue weighted by Crippen LogP contribution is -2.38. The van der Waals surface area contributed by atoms with Crippen LogP contribution in [0.3, 0.4) is 0 Å². The van der Waals surface area contributed by atoms with Gasteiger partial charge in [0.15, 0.2) is 11.5 Å². The summed E-state index contributed by atoms with van der Waals surface area (Å²) in [6.07, 6.45) is 3.82. The Hall–Kier alpha value is -2.21. The van der Waals surface area contributed by atoms with E-state index in [0.29, 0.717) is 29.3 Å². The topological polar surface area (TPSA) is 70.6 Å². The van der Waals surface area contributed by atoms with Crippen LogP contribution >= 0.6 is 11.3 Å². The lowest BCUT2D eigenvalue weighted by molar-refractivity contribution is 0.0934. The van der Waals surface area contributed by atoms with Crippen LogP contribution in [-0.2, 0) is 12.8 Å². The van der Waals surface area contributed by atoms with Gasteiger partial charge in [0.2, 0.25) is 0 Å². The number of anilines is 1. The van der Waals surface area contributed by atoms with Crippen LogP contribution in [0, 0.1) is 11.3 Å². The predicted molar refractivity (Wildman–Crippen MR) is 117 cm³/mol. The Morgan fingerprint density at radius 2 is 2.07 bits per heavy atom. The first-order chi connectivity index (χ1) is 13.9. The largest absolute Gasteiger partial charge is 0.504 e. The summed E-state index contributed by atoms with van der Waals surface area (Å²) < 4.78 is 5.50. The highest BCUT2D eigenvalue weighted by atomic mass is 32.1. The molecule has 0 saturated carbocycles. The van der Waals surface area contributed by atoms with E-state index in [-0.39, 0.29) is 11.7 Å². The normalized spacial score (nSPS) is 21.0. The number of rotatable bonds is 5. The van der Waals surface area contributed by atoms with Gasteiger partial charge in [-0.1, -0.05) is 39.3 Å². The van der Waals surface area contributed by atoms with Crippen molar-refractivity contribution in [2.24, 2.45) is 11.3 Å². The molecule has 156 valence electrons. The second-order valence-electron chi connectivity index (χ2n) is 8.67. The van der Waals surface area contributed by atoms with Gasteiger partial charge in [0.1, 0.15) is 11.2 Å². The number of hydrogen-bond acceptors (Lipinski definition) is 5. The zero-order chi connectivity index (χ0) is 20.8. The van der Waals surface area contributed by atoms with E-state index in [0.717, 1.165) is 36.2 Å². The van der Waals surface area contributed by atoms with Gasteiger partial charge >= 0.3 is 0 Å². The number of hydrogen-bond donors (Lipinski definition) is 3. The van der Waals surface area contributed by atoms with Crippen LogP contribution in [0.2, 0.25) is 0 Å². The van der Waals surface area contributed by atoms with Crippen LogP contribution in [0.4, 0.5) is 5.00 Å². The molecule has 1 aromatic carbocycles. The molecule has 0 radical (unpaired) electrons. The molecule has 2 aromatic rings. The maximum Gasteiger partial charge on any atom is 0.256 e. The third kappa shape index (κ3) is 3.48. The van der Waals surface area contributed by atoms with Crippen LogP contribution in [0.5, 0.6) is 11.5 Å². The van der Waals surface area contributed by atoms with Crippen molar-refractivity contribution >= 4 is 22.2 Å². The molecule has 5 nitrogen and oxygen atoms in total. The van der Waals surface area contributed by atoms with Crippen molar-refractivity contribution < 1.29 is 14.6 Å². The van der Waals surface area contributed by atoms with Gasteiger partial charge in [-0.15, -0.1) is 11.3 Å². The highest BCUT2D eigenvalue weighted by Crippen LogP contribution is 2.47. The van der Waals surface area contributed by atoms with Crippen molar-refractivity contribution in [2.45, 2.75) is 59.5 Å². The first-order valence-electron chi connectivity index (χ1n) is 10.5. The van der Waals surface area contributed by atoms with E-state index in [4.69, 9.17) is 4.74 Å². The second-order valence-corrected chi connectivity index (χ2v) is 9.77. The highest BCUT2D eigenvalue weighted by Gasteiger charge is 2.37. The standard InChI is InChI=1S/C23H30N2O3S/c1-5-23(3,4)13-10-11-14-17(12-13)29-22-18(14)21(27)24-20(25-22)15-8-7-9-16(19(15)26)28-6-2/h7-9,13,20,25-26H,5-6,10-12H2,1-4H3,(H,24,27)/t13-,20+/m0/s1. The highest BCUT2D eigenvalue weighted by molar-refractivity contribution is 7.16. The fraction of sp³-hybridized carbons (Fsp3) is 0.522. The Balaban J connectivity index is 1.64. The molecule has 0 saturated heterocycles. The number of nitrogens with one attached hydrogen (secondary N) is 2. The average Bonchev–Trinajstić information content (AvgIpc) is 3.07. The van der Waals surface area contributed by atoms with Gasteiger partial charge in [-0.25, -0.2) is 0 Å². The number of aromatic hydroxyl groups is 1. The minimum absolute atomic E-state index is 0.0596. The first kappa shape index (κ1) is 20.1. The minimum atomic E-state index is -0.474. The van der Waals surface area contributed by atoms with Crippen LogP contribution in [0.25, 0.3) is 0 Å². The third-order valence-electron chi connectivity index (χ3n) is 6.70. The van der Waals surface area contributed by atoms with E-state index in [1.807, 2.05) is 19.1 Å². The van der Waals surface area contributed by atoms with Gasteiger partial charge in [-0.05, 0) is 49.1 Å². The molecular weight excluding hydrogens is 384 g/mol. The Bertz CT molecular complexity index is 934. The Kier molecular flexibility index (Phi) is 5.23. The van der Waals surface area contributed by atoms with Crippen LogP contribution in [0.1, 0.15) is 73.1 Å². The summed E-state index contributed by atoms with van der Waals surface area (Å²) in [6.45, 7) is 9.31. The maximum absolute atomic E-state index is 13.0. The number of thiophene rings is 1. The lowest BCUT2D eigenvalue weighted by Gasteiger charge is -2.36. The smallest absolute Gasteiger partial charge is 0.256 e. The van der Waals surface area contributed by atoms with E-state index < -0.39 is 6.17 Å². The van der Waals surface area contributed by atoms with Gasteiger partial charge in [0, 0.05) is 10.4 Å². The Morgan fingerprint density at radius 1 is 1.28 bits per heavy atom. The molecule has 29 heavy (non-hydrogen) atoms. The molecule has 1 aliphatic carbocycles. The maximum atomic E-state index is 13.0. The number of carbonyl (C=O) groups is 1. The van der Waals surface area contributed by atoms with Crippen LogP contribution < -0.4 is 15.4 Å². The molecule has 0 spiro atoms. The number of phenols is 1. The lowest BCUT2D eigenvalue weighted by atomic mass is 9.69. The van der Waals surface area contributed by atoms with E-state index in [1.165, 1.54) is 10.4 Å². The molecule has 6 heteroatoms. The number of ether oxygens (including phenoxy) is 1. The van der Waals surface area contributed by atoms with Gasteiger partial charge in [0.25, 0.3) is 5.91 Å². The third-order valence-corrected chi connectivity index (χ3v) is 7.89. The molecule has 1 aliphatic heterocycles. The predicted octanol–water partition coefficient (Wildman–Crippen LogP) is 5.25. The average molecular weight is 415 g/mol. The van der Waals surface area contributed by atoms with E-state index in [9.17, 15) is 9.90 Å². The molecule has 2 atom stereocenters. The first-order valence-corrected chi connectivity index (χ1v) is 11.3. The summed E-state index contributed by atoms with van der Waals surface area (Å²) in [5, 5.41) is 18.0. The zero-order valence-electron chi connectivity index (χ0n) is 17.6. The van der Waals surface area contributed by atoms with Crippen molar-refractivity contribution in [3.63, 3.8) is 0 Å². The Morgan fingerprint density at radius 3 is 2.79 bits per heavy atom. The quantitative estimate of drug-likeness (QED) is 0.625. The number of amides is 1. The van der Waals surface area contributed by atoms with E-state index in [1.54, 1.807) is 17.4 Å². The van der Waals surface area contributed by atoms with Crippen LogP contribution in [0.15, 0.2) is 18.2 Å². The SMILES string of the molecule is CCOc1cccc([C@@H]2NC(=O)c3c(sc4c3CC[C@H](C(C)(C)CC)C4)N2)c1O. The number of para-hydroxylation sites is 1. The van der Waals surface area contributed by atoms with Crippen molar-refractivity contribution in [1.82, 2.24) is 5.32 Å². The molecule has 3 N–H and O–H groups in total. The van der Waals surface area contributed by atoms with Crippen molar-refractivity contribution in [3.05, 3.63) is 39.8 Å². The molecule has 0 unspecified atom stereocenters. The number of carbonyl (C=O) groups excluding carboxylic acids is 1. The summed E-state index contributed by atoms with van der Waals surface area (Å²) in [5.41, 5.74) is 2.94. The molecule has 0 fully saturated rings. The van der Waals surface area contributed by atoms with Crippen molar-refractivity contribution in [2.75, 3.05) is 11.9 Å². The summed E-state index contributed by atoms with van der Waals surface area (Å²) in [6, 6.07) is 5.38. The van der Waals surface area contributed by atoms with Gasteiger partial charge in [0.05, 0.1) is 12.2 Å². The van der Waals surface area contributed by atoms with E-state index in [2.05, 4.69) is 31.4 Å². The second kappa shape index (κ2) is 7.56. The summed E-state index contributed by atoms with van der Waals surface area (Å²) in [7, 11) is 0. The molecule has 1 amide bonds. The van der Waals surface area contributed by atoms with Crippen molar-refractivity contribution in [3.8, 4) is 11.5 Å². The monoisotopic (exact) mass is 414 g/mol. The fourth-order valence-electron chi connectivity index (χ4n) is 4.45. The van der Waals surface area contributed by atoms with Crippen LogP contribution in [-0.4, -0.2) is 17.6 Å². The number of benzene rings is 1. The minimum Gasteiger partial charge on any atom is -0.504 e. The molecule has 2 aliphatic rings. The van der Waals surface area contributed by atoms with Gasteiger partial charge in [-0.2, -0.15) is 0 Å². The van der Waals surface area contributed by atoms with Gasteiger partial charge < -0.3 is 20.5 Å². The molecule has 0 bridgehead atoms. The zero-order valence-corrected chi connectivity index (χ0v) is 18.4. The molecule has 4 rings (SSSR count). The molecular formula is C23H30N2O3S. The summed E-state index contributed by atoms with van der Waals surface area (Å²) in [4.78, 5) is 14.3. The summed E-state index contributed by atoms with van der Waals surface area (Å²) >= 11 is 1.71. The summed E-state index contributed by atoms with van der Waals surface area (Å²) in [5.74, 6) is 1.09. The number of phenolic OH excluding ortho intramolecular Hbond substituents is 1. The van der Waals surface area contributed by atoms with Gasteiger partial charge in [-0.3, -0.25) is 4.79 Å². The van der Waals surface area contributed by atoms with E-state index >= 15 is 0 Å². The molecule has 2 heterocycles. The Labute approximate surface area is 176 Å². The molecule has 1 aromatic heterocycles. The number of fused-ring (bicyclic) bond motifs is 3.